The number of aromatic nitrogens is 2. The monoisotopic (exact) mass is 177 g/mol. The van der Waals surface area contributed by atoms with Gasteiger partial charge in [0.1, 0.15) is 5.82 Å². The first-order valence-electron chi connectivity index (χ1n) is 5.07. The Morgan fingerprint density at radius 3 is 3.15 bits per heavy atom. The van der Waals surface area contributed by atoms with Crippen LogP contribution in [0.2, 0.25) is 0 Å². The van der Waals surface area contributed by atoms with Crippen LogP contribution in [-0.2, 0) is 13.0 Å². The molecule has 3 rings (SSSR count). The second-order valence-corrected chi connectivity index (χ2v) is 4.46. The van der Waals surface area contributed by atoms with E-state index in [2.05, 4.69) is 15.7 Å². The molecule has 1 aliphatic heterocycles. The molecule has 1 unspecified atom stereocenters. The van der Waals surface area contributed by atoms with Crippen molar-refractivity contribution < 1.29 is 0 Å². The van der Waals surface area contributed by atoms with Crippen molar-refractivity contribution in [2.24, 2.45) is 11.7 Å². The Balaban J connectivity index is 1.84. The Morgan fingerprint density at radius 1 is 1.54 bits per heavy atom. The largest absolute Gasteiger partial charge is 0.335 e. The number of fused-ring (bicyclic) bond motifs is 1. The van der Waals surface area contributed by atoms with E-state index in [9.17, 15) is 0 Å². The Morgan fingerprint density at radius 2 is 2.38 bits per heavy atom. The van der Waals surface area contributed by atoms with Crippen LogP contribution in [0.3, 0.4) is 0 Å². The van der Waals surface area contributed by atoms with Gasteiger partial charge in [-0.15, -0.1) is 0 Å². The molecule has 0 bridgehead atoms. The highest BCUT2D eigenvalue weighted by molar-refractivity contribution is 5.09. The highest BCUT2D eigenvalue weighted by Gasteiger charge is 2.46. The van der Waals surface area contributed by atoms with Gasteiger partial charge >= 0.3 is 0 Å². The van der Waals surface area contributed by atoms with E-state index in [0.717, 1.165) is 13.0 Å². The first-order valence-corrected chi connectivity index (χ1v) is 5.07. The van der Waals surface area contributed by atoms with Crippen LogP contribution in [0.1, 0.15) is 25.1 Å². The fourth-order valence-electron chi connectivity index (χ4n) is 2.39. The van der Waals surface area contributed by atoms with Gasteiger partial charge in [-0.1, -0.05) is 0 Å². The molecule has 2 aliphatic rings. The summed E-state index contributed by atoms with van der Waals surface area (Å²) in [5.41, 5.74) is 6.39. The zero-order chi connectivity index (χ0) is 8.89. The van der Waals surface area contributed by atoms with E-state index >= 15 is 0 Å². The van der Waals surface area contributed by atoms with Crippen molar-refractivity contribution in [1.82, 2.24) is 9.55 Å². The van der Waals surface area contributed by atoms with Crippen molar-refractivity contribution in [2.45, 2.75) is 37.8 Å². The third kappa shape index (κ3) is 1.10. The van der Waals surface area contributed by atoms with Gasteiger partial charge in [0, 0.05) is 30.9 Å². The summed E-state index contributed by atoms with van der Waals surface area (Å²) in [6.45, 7) is 1.11. The second-order valence-electron chi connectivity index (χ2n) is 4.46. The molecule has 0 saturated heterocycles. The van der Waals surface area contributed by atoms with E-state index < -0.39 is 0 Å². The maximum atomic E-state index is 6.21. The Kier molecular flexibility index (Phi) is 1.37. The molecule has 3 heteroatoms. The lowest BCUT2D eigenvalue weighted by Gasteiger charge is -2.28. The molecule has 13 heavy (non-hydrogen) atoms. The topological polar surface area (TPSA) is 43.8 Å². The average molecular weight is 177 g/mol. The van der Waals surface area contributed by atoms with Crippen molar-refractivity contribution in [3.63, 3.8) is 0 Å². The van der Waals surface area contributed by atoms with E-state index in [1.807, 2.05) is 6.20 Å². The molecule has 1 fully saturated rings. The van der Waals surface area contributed by atoms with Crippen LogP contribution < -0.4 is 5.73 Å². The van der Waals surface area contributed by atoms with E-state index in [4.69, 9.17) is 5.73 Å². The predicted molar refractivity (Wildman–Crippen MR) is 50.2 cm³/mol. The predicted octanol–water partition coefficient (Wildman–Crippen LogP) is 0.937. The van der Waals surface area contributed by atoms with Crippen LogP contribution >= 0.6 is 0 Å². The van der Waals surface area contributed by atoms with Crippen LogP contribution in [0.15, 0.2) is 12.4 Å². The molecule has 1 aromatic heterocycles. The van der Waals surface area contributed by atoms with Crippen LogP contribution in [0.4, 0.5) is 0 Å². The van der Waals surface area contributed by atoms with Crippen molar-refractivity contribution in [2.75, 3.05) is 0 Å². The molecule has 0 aromatic carbocycles. The number of imidazole rings is 1. The van der Waals surface area contributed by atoms with Gasteiger partial charge in [-0.2, -0.15) is 0 Å². The molecule has 2 N–H and O–H groups in total. The Bertz CT molecular complexity index is 325. The molecule has 1 aromatic rings. The maximum Gasteiger partial charge on any atom is 0.108 e. The third-order valence-corrected chi connectivity index (χ3v) is 3.59. The summed E-state index contributed by atoms with van der Waals surface area (Å²) in [7, 11) is 0. The SMILES string of the molecule is NC1(C2CCn3ccnc3C2)CC1. The van der Waals surface area contributed by atoms with Gasteiger partial charge < -0.3 is 10.3 Å². The number of hydrogen-bond donors (Lipinski definition) is 1. The molecule has 3 nitrogen and oxygen atoms in total. The smallest absolute Gasteiger partial charge is 0.108 e. The summed E-state index contributed by atoms with van der Waals surface area (Å²) in [6, 6.07) is 0. The van der Waals surface area contributed by atoms with Crippen molar-refractivity contribution in [1.29, 1.82) is 0 Å². The second kappa shape index (κ2) is 2.35. The molecule has 0 amide bonds. The fraction of sp³-hybridized carbons (Fsp3) is 0.700. The Labute approximate surface area is 78.0 Å². The first-order chi connectivity index (χ1) is 6.28. The minimum Gasteiger partial charge on any atom is -0.335 e. The summed E-state index contributed by atoms with van der Waals surface area (Å²) < 4.78 is 2.25. The molecule has 0 spiro atoms. The molecular weight excluding hydrogens is 162 g/mol. The summed E-state index contributed by atoms with van der Waals surface area (Å²) in [5.74, 6) is 1.91. The van der Waals surface area contributed by atoms with Crippen LogP contribution in [0, 0.1) is 5.92 Å². The van der Waals surface area contributed by atoms with Crippen LogP contribution in [-0.4, -0.2) is 15.1 Å². The molecule has 1 saturated carbocycles. The molecular formula is C10H15N3. The van der Waals surface area contributed by atoms with Crippen LogP contribution in [0.25, 0.3) is 0 Å². The number of aryl methyl sites for hydroxylation is 1. The average Bonchev–Trinajstić information content (AvgIpc) is 2.74. The van der Waals surface area contributed by atoms with Crippen molar-refractivity contribution in [3.05, 3.63) is 18.2 Å². The molecule has 1 atom stereocenters. The fourth-order valence-corrected chi connectivity index (χ4v) is 2.39. The van der Waals surface area contributed by atoms with Gasteiger partial charge in [0.05, 0.1) is 0 Å². The normalized spacial score (nSPS) is 29.8. The number of nitrogens with zero attached hydrogens (tertiary/aromatic N) is 2. The van der Waals surface area contributed by atoms with Gasteiger partial charge in [-0.3, -0.25) is 0 Å². The van der Waals surface area contributed by atoms with E-state index in [-0.39, 0.29) is 5.54 Å². The quantitative estimate of drug-likeness (QED) is 0.693. The third-order valence-electron chi connectivity index (χ3n) is 3.59. The molecule has 0 radical (unpaired) electrons. The lowest BCUT2D eigenvalue weighted by atomic mass is 9.88. The van der Waals surface area contributed by atoms with Gasteiger partial charge in [0.25, 0.3) is 0 Å². The van der Waals surface area contributed by atoms with E-state index in [1.165, 1.54) is 25.1 Å². The summed E-state index contributed by atoms with van der Waals surface area (Å²) in [6.07, 6.45) is 8.73. The van der Waals surface area contributed by atoms with Gasteiger partial charge in [-0.05, 0) is 25.2 Å². The van der Waals surface area contributed by atoms with Gasteiger partial charge in [-0.25, -0.2) is 4.98 Å². The molecule has 1 aliphatic carbocycles. The zero-order valence-corrected chi connectivity index (χ0v) is 7.74. The highest BCUT2D eigenvalue weighted by Crippen LogP contribution is 2.43. The minimum absolute atomic E-state index is 0.178. The van der Waals surface area contributed by atoms with E-state index in [0.29, 0.717) is 5.92 Å². The van der Waals surface area contributed by atoms with Crippen molar-refractivity contribution in [3.8, 4) is 0 Å². The summed E-state index contributed by atoms with van der Waals surface area (Å²) in [5, 5.41) is 0. The Hall–Kier alpha value is -0.830. The standard InChI is InChI=1S/C10H15N3/c11-10(2-3-10)8-1-5-13-6-4-12-9(13)7-8/h4,6,8H,1-3,5,7,11H2. The maximum absolute atomic E-state index is 6.21. The van der Waals surface area contributed by atoms with E-state index in [1.54, 1.807) is 0 Å². The number of rotatable bonds is 1. The highest BCUT2D eigenvalue weighted by atomic mass is 15.1. The lowest BCUT2D eigenvalue weighted by molar-refractivity contribution is 0.311. The number of hydrogen-bond acceptors (Lipinski definition) is 2. The van der Waals surface area contributed by atoms with Crippen molar-refractivity contribution >= 4 is 0 Å². The summed E-state index contributed by atoms with van der Waals surface area (Å²) >= 11 is 0. The minimum atomic E-state index is 0.178. The van der Waals surface area contributed by atoms with Crippen LogP contribution in [0.5, 0.6) is 0 Å². The molecule has 2 heterocycles. The lowest BCUT2D eigenvalue weighted by Crippen LogP contribution is -2.37. The molecule has 70 valence electrons. The van der Waals surface area contributed by atoms with Gasteiger partial charge in [0.2, 0.25) is 0 Å². The first kappa shape index (κ1) is 7.56. The zero-order valence-electron chi connectivity index (χ0n) is 7.74. The summed E-state index contributed by atoms with van der Waals surface area (Å²) in [4.78, 5) is 4.36. The number of nitrogens with two attached hydrogens (primary N) is 1. The van der Waals surface area contributed by atoms with Gasteiger partial charge in [0.15, 0.2) is 0 Å².